The quantitative estimate of drug-likeness (QED) is 0.365. The maximum absolute atomic E-state index is 3.33. The van der Waals surface area contributed by atoms with Crippen LogP contribution in [0.15, 0.2) is 47.5 Å². The van der Waals surface area contributed by atoms with E-state index in [0.29, 0.717) is 7.25 Å². The summed E-state index contributed by atoms with van der Waals surface area (Å²) < 4.78 is 6.85. The molecule has 2 aliphatic carbocycles. The molecule has 4 rings (SSSR count). The van der Waals surface area contributed by atoms with Crippen molar-refractivity contribution in [1.82, 2.24) is 0 Å². The van der Waals surface area contributed by atoms with Crippen LogP contribution in [0.25, 0.3) is 12.2 Å². The van der Waals surface area contributed by atoms with Crippen molar-refractivity contribution in [3.8, 4) is 0 Å². The molecule has 0 saturated heterocycles. The van der Waals surface area contributed by atoms with Crippen LogP contribution in [-0.2, 0) is 30.2 Å². The average Bonchev–Trinajstić information content (AvgIpc) is 3.32. The number of benzene rings is 2. The molecule has 0 spiro atoms. The molecular formula is C28H38SiZr. The van der Waals surface area contributed by atoms with Crippen LogP contribution in [0.4, 0.5) is 0 Å². The van der Waals surface area contributed by atoms with Crippen LogP contribution in [0.3, 0.4) is 0 Å². The van der Waals surface area contributed by atoms with E-state index in [4.69, 9.17) is 0 Å². The van der Waals surface area contributed by atoms with Gasteiger partial charge in [0.05, 0.1) is 0 Å². The molecule has 2 heteroatoms. The van der Waals surface area contributed by atoms with Crippen LogP contribution in [0.1, 0.15) is 81.2 Å². The van der Waals surface area contributed by atoms with Crippen LogP contribution in [0.5, 0.6) is 0 Å². The summed E-state index contributed by atoms with van der Waals surface area (Å²) >= 11 is -3.33. The van der Waals surface area contributed by atoms with Crippen molar-refractivity contribution in [2.45, 2.75) is 69.9 Å². The maximum atomic E-state index is 2.77. The fraction of sp³-hybridized carbons (Fsp3) is 0.429. The Morgan fingerprint density at radius 3 is 1.40 bits per heavy atom. The van der Waals surface area contributed by atoms with Gasteiger partial charge in [-0.2, -0.15) is 0 Å². The summed E-state index contributed by atoms with van der Waals surface area (Å²) in [5, 5.41) is 0. The Kier molecular flexibility index (Phi) is 5.82. The van der Waals surface area contributed by atoms with Gasteiger partial charge in [0.15, 0.2) is 0 Å². The van der Waals surface area contributed by atoms with Crippen molar-refractivity contribution >= 4 is 19.0 Å². The first-order chi connectivity index (χ1) is 14.3. The first-order valence-corrected chi connectivity index (χ1v) is 25.6. The Labute approximate surface area is 186 Å². The SMILES string of the molecule is CCC1=Cc2c(CC)cccc2[CH]1[Zr]([CH3])([CH3])(=[SiH2])[CH]1C(CC)=Cc2c(CC)cccc21. The molecule has 2 atom stereocenters. The first kappa shape index (κ1) is 22.2. The Bertz CT molecular complexity index is 1040. The third-order valence-electron chi connectivity index (χ3n) is 7.96. The van der Waals surface area contributed by atoms with E-state index in [1.807, 2.05) is 0 Å². The topological polar surface area (TPSA) is 0 Å². The van der Waals surface area contributed by atoms with Crippen LogP contribution in [0, 0.1) is 0 Å². The van der Waals surface area contributed by atoms with E-state index in [2.05, 4.69) is 92.4 Å². The van der Waals surface area contributed by atoms with Crippen LogP contribution in [-0.4, -0.2) is 6.88 Å². The van der Waals surface area contributed by atoms with Gasteiger partial charge in [-0.25, -0.2) is 0 Å². The van der Waals surface area contributed by atoms with Crippen LogP contribution in [0.2, 0.25) is 9.26 Å². The van der Waals surface area contributed by atoms with Crippen molar-refractivity contribution in [2.24, 2.45) is 0 Å². The predicted molar refractivity (Wildman–Crippen MR) is 134 cm³/mol. The van der Waals surface area contributed by atoms with E-state index in [-0.39, 0.29) is 0 Å². The molecular weight excluding hydrogens is 456 g/mol. The summed E-state index contributed by atoms with van der Waals surface area (Å²) in [7, 11) is 0. The summed E-state index contributed by atoms with van der Waals surface area (Å²) in [6.45, 7) is 11.8. The second-order valence-electron chi connectivity index (χ2n) is 10.5. The van der Waals surface area contributed by atoms with E-state index >= 15 is 0 Å². The van der Waals surface area contributed by atoms with Gasteiger partial charge in [-0.1, -0.05) is 0 Å². The molecule has 2 aliphatic rings. The fourth-order valence-electron chi connectivity index (χ4n) is 6.69. The number of hydrogen-bond donors (Lipinski definition) is 0. The van der Waals surface area contributed by atoms with Gasteiger partial charge in [0.25, 0.3) is 0 Å². The van der Waals surface area contributed by atoms with E-state index < -0.39 is 17.4 Å². The molecule has 158 valence electrons. The minimum atomic E-state index is -3.33. The van der Waals surface area contributed by atoms with Crippen LogP contribution >= 0.6 is 0 Å². The summed E-state index contributed by atoms with van der Waals surface area (Å²) in [6.07, 6.45) is 9.76. The zero-order chi connectivity index (χ0) is 21.7. The molecule has 2 unspecified atom stereocenters. The summed E-state index contributed by atoms with van der Waals surface area (Å²) in [5.74, 6) is 0. The van der Waals surface area contributed by atoms with Gasteiger partial charge in [0.1, 0.15) is 0 Å². The molecule has 0 saturated carbocycles. The molecule has 0 N–H and O–H groups in total. The Balaban J connectivity index is 1.95. The van der Waals surface area contributed by atoms with Crippen molar-refractivity contribution in [2.75, 3.05) is 0 Å². The van der Waals surface area contributed by atoms with Gasteiger partial charge in [-0.15, -0.1) is 0 Å². The third-order valence-corrected chi connectivity index (χ3v) is 25.5. The van der Waals surface area contributed by atoms with Gasteiger partial charge in [0, 0.05) is 0 Å². The third kappa shape index (κ3) is 3.25. The van der Waals surface area contributed by atoms with Crippen LogP contribution < -0.4 is 0 Å². The van der Waals surface area contributed by atoms with Crippen molar-refractivity contribution < 1.29 is 17.4 Å². The number of fused-ring (bicyclic) bond motifs is 2. The number of rotatable bonds is 6. The van der Waals surface area contributed by atoms with Gasteiger partial charge in [-0.3, -0.25) is 0 Å². The number of allylic oxidation sites excluding steroid dienone is 2. The van der Waals surface area contributed by atoms with Crippen molar-refractivity contribution in [1.29, 1.82) is 0 Å². The van der Waals surface area contributed by atoms with E-state index in [1.54, 1.807) is 33.4 Å². The van der Waals surface area contributed by atoms with Gasteiger partial charge >= 0.3 is 187 Å². The molecule has 0 amide bonds. The fourth-order valence-corrected chi connectivity index (χ4v) is 26.9. The van der Waals surface area contributed by atoms with Crippen molar-refractivity contribution in [3.63, 3.8) is 0 Å². The molecule has 0 aromatic heterocycles. The number of hydrogen-bond acceptors (Lipinski definition) is 0. The predicted octanol–water partition coefficient (Wildman–Crippen LogP) is 7.54. The standard InChI is InChI=1S/2C13H15.2CH3.H2Si.Zr/c2*1-3-10-8-12-7-5-6-11(4-2)13(12)9-10;;;;/h2*5-9H,3-4H2,1-2H3;2*1H3;1H2;. The van der Waals surface area contributed by atoms with Gasteiger partial charge < -0.3 is 0 Å². The zero-order valence-electron chi connectivity index (χ0n) is 19.8. The Morgan fingerprint density at radius 2 is 1.07 bits per heavy atom. The van der Waals surface area contributed by atoms with E-state index in [1.165, 1.54) is 24.0 Å². The van der Waals surface area contributed by atoms with Crippen molar-refractivity contribution in [3.05, 3.63) is 80.9 Å². The molecule has 0 heterocycles. The Hall–Kier alpha value is -0.980. The second-order valence-corrected chi connectivity index (χ2v) is 41.0. The first-order valence-electron chi connectivity index (χ1n) is 12.0. The normalized spacial score (nSPS) is 20.6. The summed E-state index contributed by atoms with van der Waals surface area (Å²) in [4.78, 5) is 0. The molecule has 0 bridgehead atoms. The molecule has 30 heavy (non-hydrogen) atoms. The Morgan fingerprint density at radius 1 is 0.667 bits per heavy atom. The second kappa shape index (κ2) is 7.86. The van der Waals surface area contributed by atoms with E-state index in [0.717, 1.165) is 12.8 Å². The average molecular weight is 494 g/mol. The molecule has 0 radical (unpaired) electrons. The minimum absolute atomic E-state index is 0.660. The van der Waals surface area contributed by atoms with Gasteiger partial charge in [-0.05, 0) is 0 Å². The molecule has 2 aromatic rings. The summed E-state index contributed by atoms with van der Waals surface area (Å²) in [6, 6.07) is 14.2. The molecule has 0 fully saturated rings. The monoisotopic (exact) mass is 492 g/mol. The molecule has 0 nitrogen and oxygen atoms in total. The zero-order valence-corrected chi connectivity index (χ0v) is 23.7. The van der Waals surface area contributed by atoms with Gasteiger partial charge in [0.2, 0.25) is 0 Å². The summed E-state index contributed by atoms with van der Waals surface area (Å²) in [5.41, 5.74) is 12.9. The van der Waals surface area contributed by atoms with E-state index in [9.17, 15) is 0 Å². The molecule has 0 aliphatic heterocycles. The number of aryl methyl sites for hydroxylation is 2. The molecule has 2 aromatic carbocycles.